The summed E-state index contributed by atoms with van der Waals surface area (Å²) in [6.45, 7) is 1.03. The van der Waals surface area contributed by atoms with E-state index in [4.69, 9.17) is 0 Å². The molecule has 0 saturated heterocycles. The molecule has 2 rings (SSSR count). The third-order valence-corrected chi connectivity index (χ3v) is 3.45. The normalized spacial score (nSPS) is 10.5. The molecule has 0 bridgehead atoms. The van der Waals surface area contributed by atoms with Crippen LogP contribution in [-0.4, -0.2) is 45.8 Å². The largest absolute Gasteiger partial charge is 0.349 e. The molecule has 0 spiro atoms. The van der Waals surface area contributed by atoms with E-state index in [1.54, 1.807) is 11.8 Å². The van der Waals surface area contributed by atoms with E-state index in [2.05, 4.69) is 39.6 Å². The van der Waals surface area contributed by atoms with Crippen molar-refractivity contribution in [3.8, 4) is 11.4 Å². The Balaban J connectivity index is 0.00000180. The van der Waals surface area contributed by atoms with Gasteiger partial charge in [0.15, 0.2) is 5.16 Å². The smallest absolute Gasteiger partial charge is 0.188 e. The first-order valence-corrected chi connectivity index (χ1v) is 6.87. The van der Waals surface area contributed by atoms with Crippen LogP contribution in [0.5, 0.6) is 0 Å². The van der Waals surface area contributed by atoms with Crippen molar-refractivity contribution < 1.29 is 0 Å². The van der Waals surface area contributed by atoms with Crippen molar-refractivity contribution in [1.29, 1.82) is 0 Å². The van der Waals surface area contributed by atoms with E-state index in [-0.39, 0.29) is 17.0 Å². The van der Waals surface area contributed by atoms with Crippen molar-refractivity contribution in [2.75, 3.05) is 26.4 Å². The third kappa shape index (κ3) is 4.63. The SMILES string of the molecule is Br.CN(C)CCSc1nccc(-c2cccn2C)n1. The summed E-state index contributed by atoms with van der Waals surface area (Å²) < 4.78 is 2.07. The first-order chi connectivity index (χ1) is 8.66. The number of aromatic nitrogens is 3. The Kier molecular flexibility index (Phi) is 6.54. The summed E-state index contributed by atoms with van der Waals surface area (Å²) in [6.07, 6.45) is 3.85. The standard InChI is InChI=1S/C13H18N4S.BrH/c1-16(2)9-10-18-13-14-7-6-11(15-13)12-5-4-8-17(12)3;/h4-8H,9-10H2,1-3H3;1H. The Bertz CT molecular complexity index is 513. The Labute approximate surface area is 129 Å². The average molecular weight is 343 g/mol. The van der Waals surface area contributed by atoms with E-state index < -0.39 is 0 Å². The van der Waals surface area contributed by atoms with Crippen LogP contribution in [0.25, 0.3) is 11.4 Å². The molecule has 0 atom stereocenters. The summed E-state index contributed by atoms with van der Waals surface area (Å²) >= 11 is 1.69. The van der Waals surface area contributed by atoms with Crippen molar-refractivity contribution in [3.63, 3.8) is 0 Å². The lowest BCUT2D eigenvalue weighted by atomic mass is 10.3. The average Bonchev–Trinajstić information content (AvgIpc) is 2.75. The summed E-state index contributed by atoms with van der Waals surface area (Å²) in [5.41, 5.74) is 2.09. The van der Waals surface area contributed by atoms with Gasteiger partial charge >= 0.3 is 0 Å². The van der Waals surface area contributed by atoms with Gasteiger partial charge in [-0.3, -0.25) is 0 Å². The second-order valence-corrected chi connectivity index (χ2v) is 5.44. The lowest BCUT2D eigenvalue weighted by Crippen LogP contribution is -2.14. The molecule has 0 unspecified atom stereocenters. The van der Waals surface area contributed by atoms with E-state index in [0.29, 0.717) is 0 Å². The number of rotatable bonds is 5. The zero-order valence-corrected chi connectivity index (χ0v) is 13.9. The Morgan fingerprint density at radius 3 is 2.74 bits per heavy atom. The van der Waals surface area contributed by atoms with Gasteiger partial charge in [-0.05, 0) is 32.3 Å². The molecule has 19 heavy (non-hydrogen) atoms. The number of nitrogens with zero attached hydrogens (tertiary/aromatic N) is 4. The maximum atomic E-state index is 4.59. The fourth-order valence-corrected chi connectivity index (χ4v) is 2.54. The number of hydrogen-bond acceptors (Lipinski definition) is 4. The topological polar surface area (TPSA) is 34.0 Å². The molecule has 0 amide bonds. The van der Waals surface area contributed by atoms with Crippen LogP contribution < -0.4 is 0 Å². The van der Waals surface area contributed by atoms with E-state index in [1.807, 2.05) is 31.6 Å². The molecule has 0 saturated carbocycles. The van der Waals surface area contributed by atoms with Crippen LogP contribution in [0.2, 0.25) is 0 Å². The highest BCUT2D eigenvalue weighted by Gasteiger charge is 2.05. The van der Waals surface area contributed by atoms with Crippen LogP contribution in [0.4, 0.5) is 0 Å². The second kappa shape index (κ2) is 7.67. The predicted octanol–water partition coefficient (Wildman–Crippen LogP) is 2.71. The molecular weight excluding hydrogens is 324 g/mol. The van der Waals surface area contributed by atoms with Crippen molar-refractivity contribution in [3.05, 3.63) is 30.6 Å². The number of hydrogen-bond donors (Lipinski definition) is 0. The Hall–Kier alpha value is -0.850. The molecule has 2 heterocycles. The van der Waals surface area contributed by atoms with E-state index >= 15 is 0 Å². The molecule has 0 N–H and O–H groups in total. The molecule has 6 heteroatoms. The minimum Gasteiger partial charge on any atom is -0.349 e. The maximum Gasteiger partial charge on any atom is 0.188 e. The third-order valence-electron chi connectivity index (χ3n) is 2.61. The summed E-state index contributed by atoms with van der Waals surface area (Å²) in [5.74, 6) is 1.00. The first kappa shape index (κ1) is 16.2. The van der Waals surface area contributed by atoms with Crippen LogP contribution in [0.3, 0.4) is 0 Å². The Morgan fingerprint density at radius 2 is 2.11 bits per heavy atom. The number of halogens is 1. The molecule has 104 valence electrons. The molecule has 0 aliphatic carbocycles. The number of thioether (sulfide) groups is 1. The van der Waals surface area contributed by atoms with E-state index in [0.717, 1.165) is 28.8 Å². The van der Waals surface area contributed by atoms with Crippen molar-refractivity contribution >= 4 is 28.7 Å². The zero-order valence-electron chi connectivity index (χ0n) is 11.4. The van der Waals surface area contributed by atoms with Gasteiger partial charge in [-0.2, -0.15) is 0 Å². The van der Waals surface area contributed by atoms with Crippen LogP contribution in [0, 0.1) is 0 Å². The molecule has 0 aliphatic rings. The van der Waals surface area contributed by atoms with Gasteiger partial charge in [-0.1, -0.05) is 11.8 Å². The summed E-state index contributed by atoms with van der Waals surface area (Å²) in [5, 5.41) is 0.843. The number of aryl methyl sites for hydroxylation is 1. The van der Waals surface area contributed by atoms with Crippen LogP contribution in [0.1, 0.15) is 0 Å². The summed E-state index contributed by atoms with van der Waals surface area (Å²) in [7, 11) is 6.17. The van der Waals surface area contributed by atoms with Gasteiger partial charge in [-0.25, -0.2) is 9.97 Å². The molecule has 0 fully saturated rings. The van der Waals surface area contributed by atoms with E-state index in [1.165, 1.54) is 0 Å². The van der Waals surface area contributed by atoms with Crippen molar-refractivity contribution in [1.82, 2.24) is 19.4 Å². The van der Waals surface area contributed by atoms with Crippen molar-refractivity contribution in [2.45, 2.75) is 5.16 Å². The fraction of sp³-hybridized carbons (Fsp3) is 0.385. The molecule has 0 radical (unpaired) electrons. The van der Waals surface area contributed by atoms with Crippen LogP contribution in [0.15, 0.2) is 35.7 Å². The molecule has 2 aromatic rings. The minimum atomic E-state index is 0. The summed E-state index contributed by atoms with van der Waals surface area (Å²) in [4.78, 5) is 11.0. The first-order valence-electron chi connectivity index (χ1n) is 5.89. The molecule has 0 aliphatic heterocycles. The van der Waals surface area contributed by atoms with Gasteiger partial charge in [0.25, 0.3) is 0 Å². The van der Waals surface area contributed by atoms with E-state index in [9.17, 15) is 0 Å². The highest BCUT2D eigenvalue weighted by atomic mass is 79.9. The lowest BCUT2D eigenvalue weighted by Gasteiger charge is -2.08. The minimum absolute atomic E-state index is 0. The molecule has 0 aromatic carbocycles. The van der Waals surface area contributed by atoms with Gasteiger partial charge in [0.05, 0.1) is 11.4 Å². The monoisotopic (exact) mass is 342 g/mol. The second-order valence-electron chi connectivity index (χ2n) is 4.38. The van der Waals surface area contributed by atoms with Gasteiger partial charge in [0.2, 0.25) is 0 Å². The quantitative estimate of drug-likeness (QED) is 0.618. The highest BCUT2D eigenvalue weighted by Crippen LogP contribution is 2.19. The fourth-order valence-electron chi connectivity index (χ4n) is 1.60. The zero-order chi connectivity index (χ0) is 13.0. The predicted molar refractivity (Wildman–Crippen MR) is 86.0 cm³/mol. The van der Waals surface area contributed by atoms with Gasteiger partial charge in [0, 0.05) is 31.7 Å². The maximum absolute atomic E-state index is 4.59. The molecular formula is C13H19BrN4S. The molecule has 2 aromatic heterocycles. The lowest BCUT2D eigenvalue weighted by molar-refractivity contribution is 0.437. The van der Waals surface area contributed by atoms with Crippen LogP contribution >= 0.6 is 28.7 Å². The van der Waals surface area contributed by atoms with Gasteiger partial charge in [0.1, 0.15) is 0 Å². The summed E-state index contributed by atoms with van der Waals surface area (Å²) in [6, 6.07) is 6.04. The van der Waals surface area contributed by atoms with Gasteiger partial charge in [-0.15, -0.1) is 17.0 Å². The Morgan fingerprint density at radius 1 is 1.32 bits per heavy atom. The van der Waals surface area contributed by atoms with Crippen molar-refractivity contribution in [2.24, 2.45) is 7.05 Å². The highest BCUT2D eigenvalue weighted by molar-refractivity contribution is 8.93. The molecule has 4 nitrogen and oxygen atoms in total. The van der Waals surface area contributed by atoms with Gasteiger partial charge < -0.3 is 9.47 Å². The van der Waals surface area contributed by atoms with Crippen LogP contribution in [-0.2, 0) is 7.05 Å².